The maximum atomic E-state index is 12.5. The van der Waals surface area contributed by atoms with Crippen molar-refractivity contribution >= 4 is 29.4 Å². The Balaban J connectivity index is 1.45. The maximum Gasteiger partial charge on any atom is 0.270 e. The molecular weight excluding hydrogens is 422 g/mol. The van der Waals surface area contributed by atoms with Crippen molar-refractivity contribution in [3.63, 3.8) is 0 Å². The maximum absolute atomic E-state index is 12.5. The van der Waals surface area contributed by atoms with E-state index < -0.39 is 0 Å². The molecule has 0 spiro atoms. The number of carbonyl (C=O) groups is 1. The highest BCUT2D eigenvalue weighted by Gasteiger charge is 2.11. The summed E-state index contributed by atoms with van der Waals surface area (Å²) in [6.07, 6.45) is 1.79. The molecule has 6 heteroatoms. The van der Waals surface area contributed by atoms with Crippen molar-refractivity contribution in [2.75, 3.05) is 5.43 Å². The Morgan fingerprint density at radius 1 is 0.938 bits per heavy atom. The van der Waals surface area contributed by atoms with E-state index in [1.807, 2.05) is 74.5 Å². The molecule has 0 unspecified atom stereocenters. The molecule has 32 heavy (non-hydrogen) atoms. The Morgan fingerprint density at radius 3 is 2.41 bits per heavy atom. The standard InChI is InChI=1S/C26H22ClN3O2/c1-18-15-21(19(2)30(18)29-26(31)20-7-4-3-5-8-20)17-28-23-11-13-24(14-12-23)32-25-10-6-9-22(27)16-25/h3-17H,1-2H3,(H,29,31). The van der Waals surface area contributed by atoms with Crippen LogP contribution in [0.1, 0.15) is 27.3 Å². The summed E-state index contributed by atoms with van der Waals surface area (Å²) < 4.78 is 7.59. The number of aryl methyl sites for hydroxylation is 1. The van der Waals surface area contributed by atoms with Crippen molar-refractivity contribution in [3.8, 4) is 11.5 Å². The summed E-state index contributed by atoms with van der Waals surface area (Å²) in [5.41, 5.74) is 7.08. The van der Waals surface area contributed by atoms with Gasteiger partial charge in [0.05, 0.1) is 5.69 Å². The number of hydrogen-bond donors (Lipinski definition) is 1. The molecule has 0 atom stereocenters. The number of carbonyl (C=O) groups excluding carboxylic acids is 1. The van der Waals surface area contributed by atoms with Gasteiger partial charge in [0.25, 0.3) is 5.91 Å². The lowest BCUT2D eigenvalue weighted by molar-refractivity contribution is 0.101. The number of ether oxygens (including phenoxy) is 1. The van der Waals surface area contributed by atoms with Gasteiger partial charge in [-0.15, -0.1) is 0 Å². The van der Waals surface area contributed by atoms with E-state index in [0.29, 0.717) is 22.1 Å². The second kappa shape index (κ2) is 9.54. The first-order valence-corrected chi connectivity index (χ1v) is 10.5. The fourth-order valence-electron chi connectivity index (χ4n) is 3.26. The molecule has 1 aromatic heterocycles. The predicted octanol–water partition coefficient (Wildman–Crippen LogP) is 6.69. The van der Waals surface area contributed by atoms with Gasteiger partial charge in [0.15, 0.2) is 0 Å². The number of benzene rings is 3. The molecule has 0 fully saturated rings. The normalized spacial score (nSPS) is 11.0. The van der Waals surface area contributed by atoms with E-state index in [0.717, 1.165) is 22.6 Å². The first-order chi connectivity index (χ1) is 15.5. The van der Waals surface area contributed by atoms with Crippen molar-refractivity contribution in [1.82, 2.24) is 4.68 Å². The zero-order valence-electron chi connectivity index (χ0n) is 17.7. The highest BCUT2D eigenvalue weighted by Crippen LogP contribution is 2.26. The zero-order chi connectivity index (χ0) is 22.5. The first-order valence-electron chi connectivity index (χ1n) is 10.1. The summed E-state index contributed by atoms with van der Waals surface area (Å²) in [6, 6.07) is 25.9. The lowest BCUT2D eigenvalue weighted by Gasteiger charge is -2.11. The summed E-state index contributed by atoms with van der Waals surface area (Å²) in [6.45, 7) is 3.89. The number of amides is 1. The number of hydrogen-bond acceptors (Lipinski definition) is 3. The smallest absolute Gasteiger partial charge is 0.270 e. The molecule has 1 amide bonds. The Kier molecular flexibility index (Phi) is 6.38. The molecule has 0 radical (unpaired) electrons. The summed E-state index contributed by atoms with van der Waals surface area (Å²) in [5, 5.41) is 0.626. The third-order valence-electron chi connectivity index (χ3n) is 4.94. The van der Waals surface area contributed by atoms with Gasteiger partial charge < -0.3 is 4.74 Å². The van der Waals surface area contributed by atoms with Gasteiger partial charge in [0.1, 0.15) is 11.5 Å². The van der Waals surface area contributed by atoms with Gasteiger partial charge in [-0.05, 0) is 74.5 Å². The van der Waals surface area contributed by atoms with Crippen molar-refractivity contribution < 1.29 is 9.53 Å². The molecule has 4 rings (SSSR count). The van der Waals surface area contributed by atoms with E-state index in [-0.39, 0.29) is 5.91 Å². The third-order valence-corrected chi connectivity index (χ3v) is 5.18. The second-order valence-corrected chi connectivity index (χ2v) is 7.72. The van der Waals surface area contributed by atoms with E-state index in [1.165, 1.54) is 0 Å². The topological polar surface area (TPSA) is 55.6 Å². The molecule has 3 aromatic carbocycles. The molecule has 0 aliphatic rings. The number of nitrogens with one attached hydrogen (secondary N) is 1. The van der Waals surface area contributed by atoms with Crippen molar-refractivity contribution in [3.05, 3.63) is 112 Å². The van der Waals surface area contributed by atoms with Crippen LogP contribution in [0.3, 0.4) is 0 Å². The van der Waals surface area contributed by atoms with E-state index >= 15 is 0 Å². The number of aliphatic imine (C=N–C) groups is 1. The lowest BCUT2D eigenvalue weighted by Crippen LogP contribution is -2.24. The molecule has 0 bridgehead atoms. The molecule has 1 N–H and O–H groups in total. The SMILES string of the molecule is Cc1cc(C=Nc2ccc(Oc3cccc(Cl)c3)cc2)c(C)n1NC(=O)c1ccccc1. The van der Waals surface area contributed by atoms with Crippen LogP contribution < -0.4 is 10.2 Å². The molecular formula is C26H22ClN3O2. The first kappa shape index (κ1) is 21.4. The minimum Gasteiger partial charge on any atom is -0.457 e. The molecule has 0 saturated carbocycles. The van der Waals surface area contributed by atoms with Gasteiger partial charge in [0.2, 0.25) is 0 Å². The van der Waals surface area contributed by atoms with E-state index in [4.69, 9.17) is 16.3 Å². The average molecular weight is 444 g/mol. The molecule has 160 valence electrons. The molecule has 0 aliphatic carbocycles. The van der Waals surface area contributed by atoms with E-state index in [2.05, 4.69) is 10.4 Å². The van der Waals surface area contributed by atoms with E-state index in [1.54, 1.807) is 35.2 Å². The van der Waals surface area contributed by atoms with Gasteiger partial charge in [-0.25, -0.2) is 0 Å². The monoisotopic (exact) mass is 443 g/mol. The minimum absolute atomic E-state index is 0.161. The van der Waals surface area contributed by atoms with Gasteiger partial charge in [-0.1, -0.05) is 35.9 Å². The summed E-state index contributed by atoms with van der Waals surface area (Å²) in [7, 11) is 0. The number of rotatable bonds is 6. The van der Waals surface area contributed by atoms with E-state index in [9.17, 15) is 4.79 Å². The minimum atomic E-state index is -0.161. The second-order valence-electron chi connectivity index (χ2n) is 7.28. The van der Waals surface area contributed by atoms with Crippen LogP contribution in [0.15, 0.2) is 89.9 Å². The highest BCUT2D eigenvalue weighted by atomic mass is 35.5. The van der Waals surface area contributed by atoms with Crippen molar-refractivity contribution in [2.45, 2.75) is 13.8 Å². The van der Waals surface area contributed by atoms with Crippen LogP contribution in [0.5, 0.6) is 11.5 Å². The number of halogens is 1. The van der Waals surface area contributed by atoms with Gasteiger partial charge >= 0.3 is 0 Å². The van der Waals surface area contributed by atoms with Gasteiger partial charge in [-0.2, -0.15) is 0 Å². The molecule has 0 aliphatic heterocycles. The Hall–Kier alpha value is -3.83. The molecule has 1 heterocycles. The third kappa shape index (κ3) is 5.07. The highest BCUT2D eigenvalue weighted by molar-refractivity contribution is 6.30. The van der Waals surface area contributed by atoms with Crippen molar-refractivity contribution in [1.29, 1.82) is 0 Å². The van der Waals surface area contributed by atoms with Crippen LogP contribution in [0.25, 0.3) is 0 Å². The van der Waals surface area contributed by atoms with Crippen LogP contribution in [0.4, 0.5) is 5.69 Å². The predicted molar refractivity (Wildman–Crippen MR) is 129 cm³/mol. The fraction of sp³-hybridized carbons (Fsp3) is 0.0769. The van der Waals surface area contributed by atoms with Crippen LogP contribution >= 0.6 is 11.6 Å². The largest absolute Gasteiger partial charge is 0.457 e. The summed E-state index contributed by atoms with van der Waals surface area (Å²) in [4.78, 5) is 17.1. The Labute approximate surface area is 191 Å². The van der Waals surface area contributed by atoms with Crippen molar-refractivity contribution in [2.24, 2.45) is 4.99 Å². The fourth-order valence-corrected chi connectivity index (χ4v) is 3.44. The quantitative estimate of drug-likeness (QED) is 0.338. The summed E-state index contributed by atoms with van der Waals surface area (Å²) >= 11 is 6.00. The van der Waals surface area contributed by atoms with Gasteiger partial charge in [-0.3, -0.25) is 19.9 Å². The molecule has 0 saturated heterocycles. The summed E-state index contributed by atoms with van der Waals surface area (Å²) in [5.74, 6) is 1.22. The average Bonchev–Trinajstić information content (AvgIpc) is 3.07. The van der Waals surface area contributed by atoms with Crippen LogP contribution in [-0.2, 0) is 0 Å². The Bertz CT molecular complexity index is 1260. The van der Waals surface area contributed by atoms with Crippen LogP contribution in [0, 0.1) is 13.8 Å². The molecule has 4 aromatic rings. The number of nitrogens with zero attached hydrogens (tertiary/aromatic N) is 2. The van der Waals surface area contributed by atoms with Crippen LogP contribution in [-0.4, -0.2) is 16.8 Å². The molecule has 5 nitrogen and oxygen atoms in total. The number of aromatic nitrogens is 1. The zero-order valence-corrected chi connectivity index (χ0v) is 18.5. The van der Waals surface area contributed by atoms with Gasteiger partial charge in [0, 0.05) is 33.8 Å². The lowest BCUT2D eigenvalue weighted by atomic mass is 10.2. The Morgan fingerprint density at radius 2 is 1.69 bits per heavy atom. The van der Waals surface area contributed by atoms with Crippen LogP contribution in [0.2, 0.25) is 5.02 Å².